The van der Waals surface area contributed by atoms with Gasteiger partial charge in [-0.3, -0.25) is 9.36 Å². The van der Waals surface area contributed by atoms with Crippen molar-refractivity contribution in [2.45, 2.75) is 32.7 Å². The van der Waals surface area contributed by atoms with Crippen molar-refractivity contribution in [2.24, 2.45) is 0 Å². The number of fused-ring (bicyclic) bond motifs is 1. The molecule has 0 radical (unpaired) electrons. The Morgan fingerprint density at radius 1 is 1.19 bits per heavy atom. The van der Waals surface area contributed by atoms with Gasteiger partial charge < -0.3 is 25.1 Å². The minimum absolute atomic E-state index is 0.0941. The maximum Gasteiger partial charge on any atom is 0.328 e. The molecular formula is C22H28N6O4. The van der Waals surface area contributed by atoms with Gasteiger partial charge in [-0.05, 0) is 17.5 Å². The van der Waals surface area contributed by atoms with Crippen molar-refractivity contribution in [3.8, 4) is 6.01 Å². The number of unbranched alkanes of at least 4 members (excludes halogenated alkanes) is 1. The van der Waals surface area contributed by atoms with Crippen molar-refractivity contribution in [3.05, 3.63) is 45.9 Å². The number of carbonyl (C=O) groups excluding carboxylic acids is 1. The lowest BCUT2D eigenvalue weighted by Crippen LogP contribution is -2.41. The maximum atomic E-state index is 12.5. The van der Waals surface area contributed by atoms with Crippen LogP contribution in [0.2, 0.25) is 0 Å². The Hall–Kier alpha value is -3.40. The number of nitrogens with two attached hydrogens (primary N) is 1. The Kier molecular flexibility index (Phi) is 6.69. The average Bonchev–Trinajstić information content (AvgIpc) is 3.11. The molecule has 0 spiro atoms. The van der Waals surface area contributed by atoms with Crippen LogP contribution >= 0.6 is 0 Å². The lowest BCUT2D eigenvalue weighted by Gasteiger charge is -2.26. The molecule has 3 aromatic rings. The van der Waals surface area contributed by atoms with Gasteiger partial charge in [-0.25, -0.2) is 4.79 Å². The highest BCUT2D eigenvalue weighted by Gasteiger charge is 2.18. The number of nitrogens with zero attached hydrogens (tertiary/aromatic N) is 4. The number of aromatic nitrogens is 4. The van der Waals surface area contributed by atoms with Crippen LogP contribution in [0.25, 0.3) is 11.2 Å². The highest BCUT2D eigenvalue weighted by atomic mass is 16.5. The number of nitrogen functional groups attached to an aromatic ring is 1. The van der Waals surface area contributed by atoms with E-state index in [4.69, 9.17) is 15.2 Å². The first-order valence-corrected chi connectivity index (χ1v) is 10.9. The summed E-state index contributed by atoms with van der Waals surface area (Å²) >= 11 is 0. The molecule has 3 heterocycles. The van der Waals surface area contributed by atoms with Crippen molar-refractivity contribution in [1.82, 2.24) is 24.4 Å². The monoisotopic (exact) mass is 440 g/mol. The molecule has 1 amide bonds. The Balaban J connectivity index is 1.49. The number of amides is 1. The van der Waals surface area contributed by atoms with Crippen molar-refractivity contribution >= 4 is 22.9 Å². The first-order chi connectivity index (χ1) is 15.5. The summed E-state index contributed by atoms with van der Waals surface area (Å²) in [6, 6.07) is 7.81. The lowest BCUT2D eigenvalue weighted by molar-refractivity contribution is -0.134. The van der Waals surface area contributed by atoms with E-state index in [9.17, 15) is 9.59 Å². The zero-order valence-electron chi connectivity index (χ0n) is 18.2. The summed E-state index contributed by atoms with van der Waals surface area (Å²) in [6.07, 6.45) is 2.21. The van der Waals surface area contributed by atoms with Crippen LogP contribution in [0.4, 0.5) is 5.82 Å². The summed E-state index contributed by atoms with van der Waals surface area (Å²) < 4.78 is 12.4. The second-order valence-corrected chi connectivity index (χ2v) is 7.79. The van der Waals surface area contributed by atoms with Crippen LogP contribution in [-0.2, 0) is 22.5 Å². The van der Waals surface area contributed by atoms with Gasteiger partial charge in [-0.2, -0.15) is 9.97 Å². The molecule has 0 unspecified atom stereocenters. The Bertz CT molecular complexity index is 1130. The van der Waals surface area contributed by atoms with Gasteiger partial charge in [0.25, 0.3) is 0 Å². The number of nitrogens with one attached hydrogen (secondary N) is 1. The number of rotatable bonds is 8. The number of anilines is 1. The Labute approximate surface area is 185 Å². The Morgan fingerprint density at radius 2 is 1.91 bits per heavy atom. The van der Waals surface area contributed by atoms with Gasteiger partial charge in [0.15, 0.2) is 11.5 Å². The number of imidazole rings is 1. The third-order valence-electron chi connectivity index (χ3n) is 5.44. The topological polar surface area (TPSA) is 128 Å². The molecule has 1 aromatic carbocycles. The van der Waals surface area contributed by atoms with E-state index in [1.54, 1.807) is 0 Å². The molecule has 170 valence electrons. The van der Waals surface area contributed by atoms with E-state index in [-0.39, 0.29) is 23.4 Å². The third kappa shape index (κ3) is 4.91. The second kappa shape index (κ2) is 9.82. The minimum atomic E-state index is -0.321. The summed E-state index contributed by atoms with van der Waals surface area (Å²) in [5.74, 6) is 0.269. The minimum Gasteiger partial charge on any atom is -0.463 e. The fourth-order valence-electron chi connectivity index (χ4n) is 3.59. The molecule has 1 fully saturated rings. The standard InChI is InChI=1S/C22H28N6O4/c1-2-3-10-32-21-25-19(23)18-20(26-21)28(22(30)24-18)14-16-6-4-15(5-7-16)13-17(29)27-8-11-31-12-9-27/h4-7H,2-3,8-14H2,1H3,(H,24,30)(H2,23,25,26). The van der Waals surface area contributed by atoms with Gasteiger partial charge >= 0.3 is 11.7 Å². The highest BCUT2D eigenvalue weighted by molar-refractivity contribution is 5.82. The number of benzene rings is 1. The molecule has 0 atom stereocenters. The number of morpholine rings is 1. The van der Waals surface area contributed by atoms with Crippen molar-refractivity contribution in [1.29, 1.82) is 0 Å². The van der Waals surface area contributed by atoms with E-state index in [1.165, 1.54) is 4.57 Å². The smallest absolute Gasteiger partial charge is 0.328 e. The van der Waals surface area contributed by atoms with Gasteiger partial charge in [-0.1, -0.05) is 37.6 Å². The average molecular weight is 441 g/mol. The van der Waals surface area contributed by atoms with Crippen LogP contribution in [0.1, 0.15) is 30.9 Å². The number of aromatic amines is 1. The predicted molar refractivity (Wildman–Crippen MR) is 120 cm³/mol. The third-order valence-corrected chi connectivity index (χ3v) is 5.44. The molecule has 1 aliphatic heterocycles. The molecule has 2 aromatic heterocycles. The quantitative estimate of drug-likeness (QED) is 0.506. The molecule has 1 saturated heterocycles. The fraction of sp³-hybridized carbons (Fsp3) is 0.455. The molecule has 32 heavy (non-hydrogen) atoms. The highest BCUT2D eigenvalue weighted by Crippen LogP contribution is 2.19. The molecule has 3 N–H and O–H groups in total. The van der Waals surface area contributed by atoms with E-state index < -0.39 is 0 Å². The van der Waals surface area contributed by atoms with Crippen molar-refractivity contribution in [2.75, 3.05) is 38.6 Å². The van der Waals surface area contributed by atoms with E-state index in [0.29, 0.717) is 57.0 Å². The molecule has 0 aliphatic carbocycles. The van der Waals surface area contributed by atoms with E-state index in [1.807, 2.05) is 29.2 Å². The van der Waals surface area contributed by atoms with Crippen LogP contribution in [0.15, 0.2) is 29.1 Å². The summed E-state index contributed by atoms with van der Waals surface area (Å²) in [5.41, 5.74) is 8.31. The summed E-state index contributed by atoms with van der Waals surface area (Å²) in [5, 5.41) is 0. The van der Waals surface area contributed by atoms with Gasteiger partial charge in [0.1, 0.15) is 5.52 Å². The normalized spacial score (nSPS) is 14.1. The molecule has 1 aliphatic rings. The van der Waals surface area contributed by atoms with Crippen LogP contribution in [0, 0.1) is 0 Å². The molecule has 10 nitrogen and oxygen atoms in total. The second-order valence-electron chi connectivity index (χ2n) is 7.79. The number of H-pyrrole nitrogens is 1. The molecular weight excluding hydrogens is 412 g/mol. The lowest BCUT2D eigenvalue weighted by atomic mass is 10.1. The van der Waals surface area contributed by atoms with E-state index >= 15 is 0 Å². The first-order valence-electron chi connectivity index (χ1n) is 10.9. The number of ether oxygens (including phenoxy) is 2. The van der Waals surface area contributed by atoms with Crippen LogP contribution < -0.4 is 16.2 Å². The van der Waals surface area contributed by atoms with E-state index in [2.05, 4.69) is 21.9 Å². The van der Waals surface area contributed by atoms with Crippen LogP contribution in [-0.4, -0.2) is 63.2 Å². The Morgan fingerprint density at radius 3 is 2.62 bits per heavy atom. The van der Waals surface area contributed by atoms with E-state index in [0.717, 1.165) is 24.0 Å². The zero-order chi connectivity index (χ0) is 22.5. The number of hydrogen-bond acceptors (Lipinski definition) is 7. The molecule has 4 rings (SSSR count). The maximum absolute atomic E-state index is 12.5. The summed E-state index contributed by atoms with van der Waals surface area (Å²) in [4.78, 5) is 38.1. The fourth-order valence-corrected chi connectivity index (χ4v) is 3.59. The number of carbonyl (C=O) groups is 1. The summed E-state index contributed by atoms with van der Waals surface area (Å²) in [7, 11) is 0. The van der Waals surface area contributed by atoms with Gasteiger partial charge in [0.2, 0.25) is 5.91 Å². The van der Waals surface area contributed by atoms with Gasteiger partial charge in [0.05, 0.1) is 32.8 Å². The number of hydrogen-bond donors (Lipinski definition) is 2. The largest absolute Gasteiger partial charge is 0.463 e. The van der Waals surface area contributed by atoms with Crippen LogP contribution in [0.3, 0.4) is 0 Å². The molecule has 0 bridgehead atoms. The van der Waals surface area contributed by atoms with Crippen molar-refractivity contribution < 1.29 is 14.3 Å². The van der Waals surface area contributed by atoms with Crippen LogP contribution in [0.5, 0.6) is 6.01 Å². The zero-order valence-corrected chi connectivity index (χ0v) is 18.2. The first kappa shape index (κ1) is 21.8. The van der Waals surface area contributed by atoms with Gasteiger partial charge in [-0.15, -0.1) is 0 Å². The van der Waals surface area contributed by atoms with Crippen molar-refractivity contribution in [3.63, 3.8) is 0 Å². The predicted octanol–water partition coefficient (Wildman–Crippen LogP) is 1.33. The molecule has 10 heteroatoms. The molecule has 0 saturated carbocycles. The summed E-state index contributed by atoms with van der Waals surface area (Å²) in [6.45, 7) is 5.30. The van der Waals surface area contributed by atoms with Gasteiger partial charge in [0, 0.05) is 13.1 Å². The SMILES string of the molecule is CCCCOc1nc(N)c2[nH]c(=O)n(Cc3ccc(CC(=O)N4CCOCC4)cc3)c2n1.